The molecule has 0 spiro atoms. The summed E-state index contributed by atoms with van der Waals surface area (Å²) in [7, 11) is 1.39. The second kappa shape index (κ2) is 3.53. The molecule has 1 fully saturated rings. The zero-order chi connectivity index (χ0) is 10.1. The minimum Gasteiger partial charge on any atom is -0.493 e. The van der Waals surface area contributed by atoms with E-state index in [1.807, 2.05) is 0 Å². The molecule has 4 heteroatoms. The molecule has 0 aromatic heterocycles. The van der Waals surface area contributed by atoms with E-state index in [0.29, 0.717) is 5.56 Å². The normalized spacial score (nSPS) is 20.4. The molecule has 2 rings (SSSR count). The first kappa shape index (κ1) is 9.40. The average Bonchev–Trinajstić information content (AvgIpc) is 1.99. The van der Waals surface area contributed by atoms with Crippen molar-refractivity contribution >= 4 is 0 Å². The van der Waals surface area contributed by atoms with Crippen LogP contribution in [0.2, 0.25) is 0 Å². The Morgan fingerprint density at radius 3 is 2.64 bits per heavy atom. The highest BCUT2D eigenvalue weighted by Gasteiger charge is 2.24. The van der Waals surface area contributed by atoms with E-state index in [9.17, 15) is 8.78 Å². The molecular formula is C10H11F2NO. The topological polar surface area (TPSA) is 21.3 Å². The van der Waals surface area contributed by atoms with Gasteiger partial charge in [-0.1, -0.05) is 0 Å². The number of benzene rings is 1. The Bertz CT molecular complexity index is 350. The Morgan fingerprint density at radius 1 is 1.43 bits per heavy atom. The Kier molecular flexibility index (Phi) is 2.37. The highest BCUT2D eigenvalue weighted by molar-refractivity contribution is 5.38. The van der Waals surface area contributed by atoms with Gasteiger partial charge in [-0.2, -0.15) is 0 Å². The first-order valence-corrected chi connectivity index (χ1v) is 4.48. The molecule has 1 aromatic carbocycles. The molecule has 2 nitrogen and oxygen atoms in total. The first-order valence-electron chi connectivity index (χ1n) is 4.48. The average molecular weight is 199 g/mol. The van der Waals surface area contributed by atoms with Gasteiger partial charge in [0.25, 0.3) is 0 Å². The minimum absolute atomic E-state index is 0.0233. The first-order chi connectivity index (χ1) is 6.72. The Morgan fingerprint density at radius 2 is 2.14 bits per heavy atom. The maximum atomic E-state index is 13.2. The second-order valence-electron chi connectivity index (χ2n) is 3.31. The summed E-state index contributed by atoms with van der Waals surface area (Å²) in [6.07, 6.45) is 0.888. The molecule has 14 heavy (non-hydrogen) atoms. The standard InChI is InChI=1S/C10H11F2NO/c1-14-10-7(9-2-3-13-9)4-6(11)5-8(10)12/h4-5,9,13H,2-3H2,1H3/t9-/m0/s1. The molecule has 1 saturated heterocycles. The summed E-state index contributed by atoms with van der Waals surface area (Å²) in [5, 5.41) is 3.08. The van der Waals surface area contributed by atoms with Crippen molar-refractivity contribution in [1.82, 2.24) is 5.32 Å². The van der Waals surface area contributed by atoms with Crippen LogP contribution in [0.5, 0.6) is 5.75 Å². The molecule has 0 radical (unpaired) electrons. The van der Waals surface area contributed by atoms with Crippen LogP contribution >= 0.6 is 0 Å². The van der Waals surface area contributed by atoms with E-state index < -0.39 is 11.6 Å². The lowest BCUT2D eigenvalue weighted by molar-refractivity contribution is 0.337. The molecule has 0 unspecified atom stereocenters. The van der Waals surface area contributed by atoms with Crippen LogP contribution in [-0.2, 0) is 0 Å². The molecule has 1 heterocycles. The molecule has 1 aromatic rings. The van der Waals surface area contributed by atoms with E-state index in [1.54, 1.807) is 0 Å². The zero-order valence-electron chi connectivity index (χ0n) is 7.81. The van der Waals surface area contributed by atoms with E-state index in [2.05, 4.69) is 5.32 Å². The van der Waals surface area contributed by atoms with E-state index in [0.717, 1.165) is 19.0 Å². The summed E-state index contributed by atoms with van der Waals surface area (Å²) in [5.41, 5.74) is 0.566. The van der Waals surface area contributed by atoms with Crippen molar-refractivity contribution < 1.29 is 13.5 Å². The molecular weight excluding hydrogens is 188 g/mol. The Balaban J connectivity index is 2.44. The number of methoxy groups -OCH3 is 1. The second-order valence-corrected chi connectivity index (χ2v) is 3.31. The van der Waals surface area contributed by atoms with Crippen molar-refractivity contribution in [2.45, 2.75) is 12.5 Å². The molecule has 1 atom stereocenters. The van der Waals surface area contributed by atoms with Crippen molar-refractivity contribution in [3.8, 4) is 5.75 Å². The van der Waals surface area contributed by atoms with Crippen LogP contribution in [-0.4, -0.2) is 13.7 Å². The van der Waals surface area contributed by atoms with Crippen molar-refractivity contribution in [3.05, 3.63) is 29.3 Å². The number of nitrogens with one attached hydrogen (secondary N) is 1. The third-order valence-corrected chi connectivity index (χ3v) is 2.44. The van der Waals surface area contributed by atoms with Crippen molar-refractivity contribution in [1.29, 1.82) is 0 Å². The third-order valence-electron chi connectivity index (χ3n) is 2.44. The highest BCUT2D eigenvalue weighted by atomic mass is 19.1. The lowest BCUT2D eigenvalue weighted by atomic mass is 9.97. The number of ether oxygens (including phenoxy) is 1. The fourth-order valence-electron chi connectivity index (χ4n) is 1.61. The quantitative estimate of drug-likeness (QED) is 0.786. The van der Waals surface area contributed by atoms with Gasteiger partial charge in [0, 0.05) is 17.7 Å². The van der Waals surface area contributed by atoms with Crippen LogP contribution in [0.1, 0.15) is 18.0 Å². The monoisotopic (exact) mass is 199 g/mol. The van der Waals surface area contributed by atoms with Gasteiger partial charge < -0.3 is 10.1 Å². The van der Waals surface area contributed by atoms with Crippen LogP contribution in [0, 0.1) is 11.6 Å². The summed E-state index contributed by atoms with van der Waals surface area (Å²) in [6, 6.07) is 2.18. The van der Waals surface area contributed by atoms with Crippen molar-refractivity contribution in [3.63, 3.8) is 0 Å². The summed E-state index contributed by atoms with van der Waals surface area (Å²) in [5.74, 6) is -1.06. The van der Waals surface area contributed by atoms with Gasteiger partial charge in [0.05, 0.1) is 7.11 Å². The van der Waals surface area contributed by atoms with Crippen molar-refractivity contribution in [2.75, 3.05) is 13.7 Å². The Hall–Kier alpha value is -1.16. The number of halogens is 2. The summed E-state index contributed by atoms with van der Waals surface area (Å²) >= 11 is 0. The fourth-order valence-corrected chi connectivity index (χ4v) is 1.61. The molecule has 0 bridgehead atoms. The molecule has 1 aliphatic rings. The van der Waals surface area contributed by atoms with Gasteiger partial charge in [0.2, 0.25) is 0 Å². The predicted octanol–water partition coefficient (Wildman–Crippen LogP) is 2.01. The van der Waals surface area contributed by atoms with Crippen molar-refractivity contribution in [2.24, 2.45) is 0 Å². The minimum atomic E-state index is -0.642. The van der Waals surface area contributed by atoms with Gasteiger partial charge in [-0.15, -0.1) is 0 Å². The van der Waals surface area contributed by atoms with Gasteiger partial charge in [-0.05, 0) is 19.0 Å². The Labute approximate surface area is 80.9 Å². The van der Waals surface area contributed by atoms with E-state index in [4.69, 9.17) is 4.74 Å². The van der Waals surface area contributed by atoms with Crippen LogP contribution < -0.4 is 10.1 Å². The smallest absolute Gasteiger partial charge is 0.168 e. The summed E-state index contributed by atoms with van der Waals surface area (Å²) in [6.45, 7) is 0.881. The number of rotatable bonds is 2. The summed E-state index contributed by atoms with van der Waals surface area (Å²) < 4.78 is 31.1. The molecule has 1 N–H and O–H groups in total. The van der Waals surface area contributed by atoms with E-state index in [1.165, 1.54) is 13.2 Å². The molecule has 76 valence electrons. The van der Waals surface area contributed by atoms with Crippen LogP contribution in [0.15, 0.2) is 12.1 Å². The molecule has 1 aliphatic heterocycles. The van der Waals surface area contributed by atoms with Gasteiger partial charge >= 0.3 is 0 Å². The number of hydrogen-bond acceptors (Lipinski definition) is 2. The summed E-state index contributed by atoms with van der Waals surface area (Å²) in [4.78, 5) is 0. The fraction of sp³-hybridized carbons (Fsp3) is 0.400. The van der Waals surface area contributed by atoms with E-state index >= 15 is 0 Å². The van der Waals surface area contributed by atoms with Crippen LogP contribution in [0.3, 0.4) is 0 Å². The largest absolute Gasteiger partial charge is 0.493 e. The van der Waals surface area contributed by atoms with Gasteiger partial charge in [-0.3, -0.25) is 0 Å². The third kappa shape index (κ3) is 1.46. The van der Waals surface area contributed by atoms with Crippen LogP contribution in [0.25, 0.3) is 0 Å². The molecule has 0 amide bonds. The lowest BCUT2D eigenvalue weighted by Gasteiger charge is -2.29. The maximum absolute atomic E-state index is 13.2. The van der Waals surface area contributed by atoms with Gasteiger partial charge in [0.15, 0.2) is 11.6 Å². The number of hydrogen-bond donors (Lipinski definition) is 1. The van der Waals surface area contributed by atoms with Crippen LogP contribution in [0.4, 0.5) is 8.78 Å². The highest BCUT2D eigenvalue weighted by Crippen LogP contribution is 2.33. The van der Waals surface area contributed by atoms with E-state index in [-0.39, 0.29) is 11.8 Å². The van der Waals surface area contributed by atoms with Gasteiger partial charge in [-0.25, -0.2) is 8.78 Å². The van der Waals surface area contributed by atoms with Gasteiger partial charge in [0.1, 0.15) is 5.82 Å². The molecule has 0 saturated carbocycles. The maximum Gasteiger partial charge on any atom is 0.168 e. The predicted molar refractivity (Wildman–Crippen MR) is 48.3 cm³/mol. The molecule has 0 aliphatic carbocycles. The lowest BCUT2D eigenvalue weighted by Crippen LogP contribution is -2.35. The zero-order valence-corrected chi connectivity index (χ0v) is 7.81. The SMILES string of the molecule is COc1c(F)cc(F)cc1[C@@H]1CCN1.